The van der Waals surface area contributed by atoms with Crippen LogP contribution in [0, 0.1) is 0 Å². The number of benzene rings is 1. The van der Waals surface area contributed by atoms with E-state index in [1.807, 2.05) is 12.3 Å². The molecule has 21 heavy (non-hydrogen) atoms. The number of urea groups is 1. The zero-order chi connectivity index (χ0) is 15.8. The van der Waals surface area contributed by atoms with Gasteiger partial charge in [-0.15, -0.1) is 11.8 Å². The van der Waals surface area contributed by atoms with E-state index >= 15 is 0 Å². The molecule has 0 fully saturated rings. The van der Waals surface area contributed by atoms with Crippen LogP contribution in [0.5, 0.6) is 0 Å². The van der Waals surface area contributed by atoms with E-state index in [0.29, 0.717) is 5.69 Å². The Morgan fingerprint density at radius 3 is 2.67 bits per heavy atom. The van der Waals surface area contributed by atoms with Crippen LogP contribution in [0.2, 0.25) is 0 Å². The maximum absolute atomic E-state index is 11.8. The van der Waals surface area contributed by atoms with E-state index in [1.165, 1.54) is 11.8 Å². The van der Waals surface area contributed by atoms with Crippen LogP contribution in [-0.2, 0) is 9.59 Å². The van der Waals surface area contributed by atoms with Crippen LogP contribution >= 0.6 is 11.8 Å². The van der Waals surface area contributed by atoms with Crippen molar-refractivity contribution >= 4 is 35.4 Å². The third-order valence-corrected chi connectivity index (χ3v) is 3.34. The van der Waals surface area contributed by atoms with Crippen LogP contribution in [0.25, 0.3) is 0 Å². The predicted octanol–water partition coefficient (Wildman–Crippen LogP) is 1.25. The molecule has 0 radical (unpaired) electrons. The summed E-state index contributed by atoms with van der Waals surface area (Å²) in [7, 11) is 0. The lowest BCUT2D eigenvalue weighted by molar-refractivity contribution is -0.139. The van der Waals surface area contributed by atoms with Crippen molar-refractivity contribution in [3.05, 3.63) is 24.3 Å². The highest BCUT2D eigenvalue weighted by atomic mass is 32.2. The summed E-state index contributed by atoms with van der Waals surface area (Å²) in [4.78, 5) is 34.4. The highest BCUT2D eigenvalue weighted by molar-refractivity contribution is 7.98. The normalized spacial score (nSPS) is 11.5. The minimum atomic E-state index is -1.22. The molecular weight excluding hydrogens is 294 g/mol. The molecule has 0 unspecified atom stereocenters. The molecule has 7 nitrogen and oxygen atoms in total. The standard InChI is InChI=1S/C13H17N3O4S/c1-21-9-4-2-3-8(7-9)15-13(20)16-10(12(18)19)5-6-11(14)17/h2-4,7,10H,5-6H2,1H3,(H2,14,17)(H,18,19)(H2,15,16,20)/t10-/m0/s1. The molecular formula is C13H17N3O4S. The molecule has 0 spiro atoms. The van der Waals surface area contributed by atoms with Gasteiger partial charge in [-0.3, -0.25) is 4.79 Å². The van der Waals surface area contributed by atoms with E-state index in [2.05, 4.69) is 10.6 Å². The second kappa shape index (κ2) is 8.15. The number of aliphatic carboxylic acids is 1. The first-order valence-electron chi connectivity index (χ1n) is 6.15. The largest absolute Gasteiger partial charge is 0.480 e. The maximum Gasteiger partial charge on any atom is 0.326 e. The Hall–Kier alpha value is -2.22. The third kappa shape index (κ3) is 6.17. The van der Waals surface area contributed by atoms with Crippen LogP contribution in [0.15, 0.2) is 29.2 Å². The van der Waals surface area contributed by atoms with Gasteiger partial charge in [0.2, 0.25) is 5.91 Å². The van der Waals surface area contributed by atoms with Gasteiger partial charge >= 0.3 is 12.0 Å². The molecule has 1 aromatic rings. The van der Waals surface area contributed by atoms with Gasteiger partial charge in [-0.2, -0.15) is 0 Å². The van der Waals surface area contributed by atoms with Crippen molar-refractivity contribution in [2.24, 2.45) is 5.73 Å². The lowest BCUT2D eigenvalue weighted by Crippen LogP contribution is -2.43. The van der Waals surface area contributed by atoms with E-state index in [4.69, 9.17) is 10.8 Å². The molecule has 0 saturated heterocycles. The number of hydrogen-bond donors (Lipinski definition) is 4. The van der Waals surface area contributed by atoms with E-state index in [9.17, 15) is 14.4 Å². The number of carbonyl (C=O) groups excluding carboxylic acids is 2. The number of amides is 3. The Labute approximate surface area is 126 Å². The molecule has 8 heteroatoms. The molecule has 1 rings (SSSR count). The summed E-state index contributed by atoms with van der Waals surface area (Å²) < 4.78 is 0. The summed E-state index contributed by atoms with van der Waals surface area (Å²) >= 11 is 1.52. The zero-order valence-electron chi connectivity index (χ0n) is 11.5. The number of nitrogens with one attached hydrogen (secondary N) is 2. The molecule has 0 aliphatic carbocycles. The Morgan fingerprint density at radius 1 is 1.38 bits per heavy atom. The topological polar surface area (TPSA) is 122 Å². The van der Waals surface area contributed by atoms with Crippen molar-refractivity contribution in [1.29, 1.82) is 0 Å². The van der Waals surface area contributed by atoms with Crippen LogP contribution < -0.4 is 16.4 Å². The lowest BCUT2D eigenvalue weighted by atomic mass is 10.1. The number of anilines is 1. The van der Waals surface area contributed by atoms with Gasteiger partial charge in [0.05, 0.1) is 0 Å². The number of thioether (sulfide) groups is 1. The molecule has 0 aliphatic heterocycles. The quantitative estimate of drug-likeness (QED) is 0.565. The molecule has 114 valence electrons. The van der Waals surface area contributed by atoms with Gasteiger partial charge in [-0.05, 0) is 30.9 Å². The highest BCUT2D eigenvalue weighted by Gasteiger charge is 2.20. The average Bonchev–Trinajstić information content (AvgIpc) is 2.43. The lowest BCUT2D eigenvalue weighted by Gasteiger charge is -2.14. The molecule has 0 bridgehead atoms. The van der Waals surface area contributed by atoms with Gasteiger partial charge in [0.1, 0.15) is 6.04 Å². The summed E-state index contributed by atoms with van der Waals surface area (Å²) in [5, 5.41) is 13.8. The fourth-order valence-corrected chi connectivity index (χ4v) is 2.03. The Kier molecular flexibility index (Phi) is 6.54. The Morgan fingerprint density at radius 2 is 2.10 bits per heavy atom. The van der Waals surface area contributed by atoms with Crippen molar-refractivity contribution in [1.82, 2.24) is 5.32 Å². The molecule has 1 aromatic carbocycles. The minimum absolute atomic E-state index is 0.0526. The fraction of sp³-hybridized carbons (Fsp3) is 0.308. The van der Waals surface area contributed by atoms with Gasteiger partial charge < -0.3 is 21.5 Å². The summed E-state index contributed by atoms with van der Waals surface area (Å²) in [5.41, 5.74) is 5.52. The first-order valence-corrected chi connectivity index (χ1v) is 7.37. The van der Waals surface area contributed by atoms with E-state index in [-0.39, 0.29) is 12.8 Å². The van der Waals surface area contributed by atoms with Crippen LogP contribution in [0.1, 0.15) is 12.8 Å². The van der Waals surface area contributed by atoms with E-state index < -0.39 is 23.9 Å². The first-order chi connectivity index (χ1) is 9.92. The van der Waals surface area contributed by atoms with Gasteiger partial charge in [0.15, 0.2) is 0 Å². The summed E-state index contributed by atoms with van der Waals surface area (Å²) in [6, 6.07) is 5.32. The van der Waals surface area contributed by atoms with Crippen molar-refractivity contribution in [2.75, 3.05) is 11.6 Å². The maximum atomic E-state index is 11.8. The summed E-state index contributed by atoms with van der Waals surface area (Å²) in [6.45, 7) is 0. The second-order valence-corrected chi connectivity index (χ2v) is 5.11. The van der Waals surface area contributed by atoms with Crippen molar-refractivity contribution in [3.8, 4) is 0 Å². The molecule has 1 atom stereocenters. The van der Waals surface area contributed by atoms with Crippen LogP contribution in [0.4, 0.5) is 10.5 Å². The average molecular weight is 311 g/mol. The Bertz CT molecular complexity index is 536. The fourth-order valence-electron chi connectivity index (χ4n) is 1.57. The summed E-state index contributed by atoms with van der Waals surface area (Å²) in [6.07, 6.45) is 1.74. The second-order valence-electron chi connectivity index (χ2n) is 4.23. The number of carboxylic acid groups (broad SMARTS) is 1. The number of carbonyl (C=O) groups is 3. The summed E-state index contributed by atoms with van der Waals surface area (Å²) in [5.74, 6) is -1.83. The van der Waals surface area contributed by atoms with E-state index in [1.54, 1.807) is 18.2 Å². The monoisotopic (exact) mass is 311 g/mol. The minimum Gasteiger partial charge on any atom is -0.480 e. The predicted molar refractivity (Wildman–Crippen MR) is 80.2 cm³/mol. The zero-order valence-corrected chi connectivity index (χ0v) is 12.3. The number of nitrogens with two attached hydrogens (primary N) is 1. The van der Waals surface area contributed by atoms with Gasteiger partial charge in [0.25, 0.3) is 0 Å². The van der Waals surface area contributed by atoms with Gasteiger partial charge in [-0.1, -0.05) is 6.07 Å². The number of primary amides is 1. The van der Waals surface area contributed by atoms with Crippen LogP contribution in [0.3, 0.4) is 0 Å². The SMILES string of the molecule is CSc1cccc(NC(=O)N[C@@H](CCC(N)=O)C(=O)O)c1. The Balaban J connectivity index is 2.60. The molecule has 0 saturated carbocycles. The van der Waals surface area contributed by atoms with Gasteiger partial charge in [0, 0.05) is 17.0 Å². The number of carboxylic acids is 1. The first kappa shape index (κ1) is 16.8. The number of hydrogen-bond acceptors (Lipinski definition) is 4. The van der Waals surface area contributed by atoms with Crippen molar-refractivity contribution in [2.45, 2.75) is 23.8 Å². The number of rotatable bonds is 7. The molecule has 0 aliphatic rings. The third-order valence-electron chi connectivity index (χ3n) is 2.61. The van der Waals surface area contributed by atoms with Crippen molar-refractivity contribution < 1.29 is 19.5 Å². The van der Waals surface area contributed by atoms with Gasteiger partial charge in [-0.25, -0.2) is 9.59 Å². The molecule has 0 heterocycles. The molecule has 0 aromatic heterocycles. The van der Waals surface area contributed by atoms with Crippen LogP contribution in [-0.4, -0.2) is 35.3 Å². The van der Waals surface area contributed by atoms with E-state index in [0.717, 1.165) is 4.90 Å². The molecule has 3 amide bonds. The molecule has 5 N–H and O–H groups in total. The smallest absolute Gasteiger partial charge is 0.326 e. The van der Waals surface area contributed by atoms with Crippen molar-refractivity contribution in [3.63, 3.8) is 0 Å². The highest BCUT2D eigenvalue weighted by Crippen LogP contribution is 2.18.